The molecule has 6 rings (SSSR count). The number of carbonyl (C=O) groups is 4. The summed E-state index contributed by atoms with van der Waals surface area (Å²) in [6.07, 6.45) is 6.35. The van der Waals surface area contributed by atoms with Crippen LogP contribution in [-0.2, 0) is 26.2 Å². The van der Waals surface area contributed by atoms with Gasteiger partial charge in [0.05, 0.1) is 34.8 Å². The summed E-state index contributed by atoms with van der Waals surface area (Å²) in [5.41, 5.74) is 27.0. The molecular formula is C37H45N15O5. The summed E-state index contributed by atoms with van der Waals surface area (Å²) in [5, 5.41) is 14.5. The van der Waals surface area contributed by atoms with Crippen LogP contribution in [0.25, 0.3) is 22.2 Å². The van der Waals surface area contributed by atoms with Crippen molar-refractivity contribution in [1.82, 2.24) is 43.6 Å². The van der Waals surface area contributed by atoms with Crippen molar-refractivity contribution in [3.8, 4) is 5.75 Å². The van der Waals surface area contributed by atoms with E-state index in [1.165, 1.54) is 23.0 Å². The first kappa shape index (κ1) is 39.6. The molecule has 0 atom stereocenters. The first-order valence-corrected chi connectivity index (χ1v) is 18.3. The predicted octanol–water partition coefficient (Wildman–Crippen LogP) is 2.49. The highest BCUT2D eigenvalue weighted by molar-refractivity contribution is 6.07. The Labute approximate surface area is 326 Å². The number of amides is 4. The highest BCUT2D eigenvalue weighted by Crippen LogP contribution is 2.32. The maximum Gasteiger partial charge on any atom is 0.278 e. The lowest BCUT2D eigenvalue weighted by atomic mass is 10.1. The molecule has 0 fully saturated rings. The van der Waals surface area contributed by atoms with Crippen molar-refractivity contribution in [2.75, 3.05) is 29.5 Å². The van der Waals surface area contributed by atoms with E-state index in [9.17, 15) is 19.2 Å². The molecule has 5 heterocycles. The summed E-state index contributed by atoms with van der Waals surface area (Å²) >= 11 is 0. The molecule has 20 nitrogen and oxygen atoms in total. The molecule has 4 amide bonds. The third-order valence-corrected chi connectivity index (χ3v) is 9.13. The highest BCUT2D eigenvalue weighted by atomic mass is 16.5. The van der Waals surface area contributed by atoms with Crippen LogP contribution < -0.4 is 38.3 Å². The molecule has 6 aromatic rings. The average molecular weight is 780 g/mol. The van der Waals surface area contributed by atoms with Crippen LogP contribution in [0.2, 0.25) is 0 Å². The second-order valence-electron chi connectivity index (χ2n) is 13.1. The first-order chi connectivity index (χ1) is 27.3. The molecular weight excluding hydrogens is 735 g/mol. The molecule has 0 unspecified atom stereocenters. The van der Waals surface area contributed by atoms with Crippen molar-refractivity contribution in [3.05, 3.63) is 76.5 Å². The zero-order valence-corrected chi connectivity index (χ0v) is 32.1. The third kappa shape index (κ3) is 8.15. The van der Waals surface area contributed by atoms with E-state index in [0.29, 0.717) is 77.7 Å². The number of anilines is 3. The maximum atomic E-state index is 13.8. The normalized spacial score (nSPS) is 11.5. The fourth-order valence-corrected chi connectivity index (χ4v) is 6.32. The number of pyridine rings is 1. The van der Waals surface area contributed by atoms with E-state index in [0.717, 1.165) is 6.42 Å². The molecule has 0 saturated carbocycles. The van der Waals surface area contributed by atoms with E-state index in [2.05, 4.69) is 30.8 Å². The number of aryl methyl sites for hydroxylation is 4. The van der Waals surface area contributed by atoms with Crippen molar-refractivity contribution in [1.29, 1.82) is 0 Å². The van der Waals surface area contributed by atoms with Crippen molar-refractivity contribution in [2.24, 2.45) is 17.2 Å². The topological polar surface area (TPSA) is 290 Å². The number of benzene rings is 1. The van der Waals surface area contributed by atoms with Crippen molar-refractivity contribution < 1.29 is 23.9 Å². The van der Waals surface area contributed by atoms with E-state index >= 15 is 0 Å². The number of hydrogen-bond donors (Lipinski definition) is 6. The maximum absolute atomic E-state index is 13.8. The third-order valence-electron chi connectivity index (χ3n) is 9.13. The van der Waals surface area contributed by atoms with E-state index < -0.39 is 23.6 Å². The number of hydrogen-bond acceptors (Lipinski definition) is 12. The van der Waals surface area contributed by atoms with Gasteiger partial charge in [-0.3, -0.25) is 43.7 Å². The summed E-state index contributed by atoms with van der Waals surface area (Å²) < 4.78 is 12.7. The number of imidazole rings is 2. The number of fused-ring (bicyclic) bond motifs is 2. The van der Waals surface area contributed by atoms with Crippen molar-refractivity contribution >= 4 is 63.4 Å². The molecule has 0 saturated heterocycles. The standard InChI is InChI=1S/C37H45N15O5/c1-5-51-26(15-20(3)47-51)34(55)45-37-44-25-17-23(32(41)54)19-42-33(25)50(37)13-9-8-12-49-29-24(16-22(31(40)53)18-27(29)57-14-10-7-11-38)43-36(49)46-35(56)30-28(39)21(4)48-52(30)6-2/h8-9,15-19H,5-7,10-14,38-39H2,1-4H3,(H2,40,53)(H2,41,54)(H,43,46,56)(H,44,45,55)/b9-8+. The van der Waals surface area contributed by atoms with Crippen LogP contribution in [0, 0.1) is 13.8 Å². The average Bonchev–Trinajstić information content (AvgIpc) is 3.92. The molecule has 5 aromatic heterocycles. The monoisotopic (exact) mass is 779 g/mol. The largest absolute Gasteiger partial charge is 0.491 e. The first-order valence-electron chi connectivity index (χ1n) is 18.3. The molecule has 0 radical (unpaired) electrons. The lowest BCUT2D eigenvalue weighted by Gasteiger charge is -2.13. The number of aromatic nitrogens is 9. The van der Waals surface area contributed by atoms with Crippen LogP contribution in [0.4, 0.5) is 17.6 Å². The molecule has 0 aliphatic heterocycles. The zero-order valence-electron chi connectivity index (χ0n) is 32.1. The molecule has 20 heteroatoms. The fourth-order valence-electron chi connectivity index (χ4n) is 6.32. The van der Waals surface area contributed by atoms with Crippen LogP contribution in [0.1, 0.15) is 79.8 Å². The van der Waals surface area contributed by atoms with Gasteiger partial charge in [0.1, 0.15) is 28.2 Å². The van der Waals surface area contributed by atoms with Crippen LogP contribution in [0.5, 0.6) is 5.75 Å². The number of nitrogen functional groups attached to an aromatic ring is 1. The van der Waals surface area contributed by atoms with Crippen molar-refractivity contribution in [3.63, 3.8) is 0 Å². The van der Waals surface area contributed by atoms with Gasteiger partial charge in [0.15, 0.2) is 5.65 Å². The molecule has 1 aromatic carbocycles. The summed E-state index contributed by atoms with van der Waals surface area (Å²) in [5.74, 6) is -1.70. The number of carbonyl (C=O) groups excluding carboxylic acids is 4. The number of allylic oxidation sites excluding steroid dienone is 2. The Kier molecular flexibility index (Phi) is 11.6. The summed E-state index contributed by atoms with van der Waals surface area (Å²) in [6, 6.07) is 6.25. The Morgan fingerprint density at radius 3 is 2.14 bits per heavy atom. The Morgan fingerprint density at radius 1 is 0.807 bits per heavy atom. The fraction of sp³-hybridized carbons (Fsp3) is 0.324. The summed E-state index contributed by atoms with van der Waals surface area (Å²) in [6.45, 7) is 9.19. The zero-order chi connectivity index (χ0) is 41.0. The van der Waals surface area contributed by atoms with E-state index in [1.54, 1.807) is 39.8 Å². The number of unbranched alkanes of at least 4 members (excludes halogenated alkanes) is 1. The van der Waals surface area contributed by atoms with Gasteiger partial charge >= 0.3 is 0 Å². The number of rotatable bonds is 17. The summed E-state index contributed by atoms with van der Waals surface area (Å²) in [4.78, 5) is 65.3. The SMILES string of the molecule is CCn1nc(C)cc1C(=O)Nc1nc2cc(C(N)=O)cnc2n1C/C=C/Cn1c(NC(=O)c2c(N)c(C)nn2CC)nc2cc(C(N)=O)cc(OCCCCN)c21. The van der Waals surface area contributed by atoms with Crippen LogP contribution >= 0.6 is 0 Å². The highest BCUT2D eigenvalue weighted by Gasteiger charge is 2.24. The summed E-state index contributed by atoms with van der Waals surface area (Å²) in [7, 11) is 0. The van der Waals surface area contributed by atoms with Gasteiger partial charge in [-0.05, 0) is 71.3 Å². The van der Waals surface area contributed by atoms with Gasteiger partial charge in [-0.25, -0.2) is 15.0 Å². The van der Waals surface area contributed by atoms with Gasteiger partial charge in [0.25, 0.3) is 11.8 Å². The van der Waals surface area contributed by atoms with Gasteiger partial charge in [-0.2, -0.15) is 10.2 Å². The predicted molar refractivity (Wildman–Crippen MR) is 213 cm³/mol. The second-order valence-corrected chi connectivity index (χ2v) is 13.1. The van der Waals surface area contributed by atoms with Crippen molar-refractivity contribution in [2.45, 2.75) is 66.7 Å². The number of primary amides is 2. The quantitative estimate of drug-likeness (QED) is 0.0575. The lowest BCUT2D eigenvalue weighted by Crippen LogP contribution is -2.21. The Morgan fingerprint density at radius 2 is 1.46 bits per heavy atom. The van der Waals surface area contributed by atoms with Crippen LogP contribution in [0.3, 0.4) is 0 Å². The minimum absolute atomic E-state index is 0.137. The molecule has 0 spiro atoms. The Hall–Kier alpha value is -7.09. The van der Waals surface area contributed by atoms with Gasteiger partial charge in [0.2, 0.25) is 23.7 Å². The minimum atomic E-state index is -0.680. The van der Waals surface area contributed by atoms with Crippen LogP contribution in [0.15, 0.2) is 42.6 Å². The lowest BCUT2D eigenvalue weighted by molar-refractivity contribution is 0.0991. The molecule has 298 valence electrons. The van der Waals surface area contributed by atoms with E-state index in [4.69, 9.17) is 32.7 Å². The Balaban J connectivity index is 1.38. The minimum Gasteiger partial charge on any atom is -0.491 e. The number of nitrogens with two attached hydrogens (primary N) is 4. The van der Waals surface area contributed by atoms with Gasteiger partial charge in [-0.15, -0.1) is 0 Å². The second kappa shape index (κ2) is 16.7. The number of nitrogens with one attached hydrogen (secondary N) is 2. The number of nitrogens with zero attached hydrogens (tertiary/aromatic N) is 9. The Bertz CT molecular complexity index is 2540. The van der Waals surface area contributed by atoms with E-state index in [-0.39, 0.29) is 47.5 Å². The number of ether oxygens (including phenoxy) is 1. The molecule has 57 heavy (non-hydrogen) atoms. The van der Waals surface area contributed by atoms with Gasteiger partial charge in [-0.1, -0.05) is 12.2 Å². The molecule has 0 aliphatic rings. The molecule has 10 N–H and O–H groups in total. The smallest absolute Gasteiger partial charge is 0.278 e. The van der Waals surface area contributed by atoms with Gasteiger partial charge < -0.3 is 32.2 Å². The molecule has 0 bridgehead atoms. The van der Waals surface area contributed by atoms with E-state index in [1.807, 2.05) is 26.0 Å². The molecule has 0 aliphatic carbocycles. The van der Waals surface area contributed by atoms with Gasteiger partial charge in [0, 0.05) is 37.9 Å². The van der Waals surface area contributed by atoms with Crippen LogP contribution in [-0.4, -0.2) is 80.4 Å².